The van der Waals surface area contributed by atoms with Gasteiger partial charge in [0.25, 0.3) is 0 Å². The number of benzene rings is 2. The van der Waals surface area contributed by atoms with E-state index in [1.165, 1.54) is 25.3 Å². The molecule has 2 aromatic carbocycles. The van der Waals surface area contributed by atoms with E-state index in [1.807, 2.05) is 0 Å². The number of aromatic hydroxyl groups is 1. The molecule has 0 aliphatic heterocycles. The summed E-state index contributed by atoms with van der Waals surface area (Å²) >= 11 is 5.79. The number of rotatable bonds is 7. The van der Waals surface area contributed by atoms with Gasteiger partial charge in [0.05, 0.1) is 13.5 Å². The van der Waals surface area contributed by atoms with E-state index in [-0.39, 0.29) is 23.7 Å². The van der Waals surface area contributed by atoms with Gasteiger partial charge in [-0.25, -0.2) is 0 Å². The number of carbonyl (C=O) groups is 2. The highest BCUT2D eigenvalue weighted by atomic mass is 35.5. The molecule has 0 bridgehead atoms. The highest BCUT2D eigenvalue weighted by molar-refractivity contribution is 6.30. The zero-order chi connectivity index (χ0) is 18.2. The first-order valence-corrected chi connectivity index (χ1v) is 7.90. The normalized spacial score (nSPS) is 11.1. The highest BCUT2D eigenvalue weighted by Crippen LogP contribution is 2.26. The number of hydrogen-bond donors (Lipinski definition) is 1. The van der Waals surface area contributed by atoms with E-state index >= 15 is 0 Å². The molecule has 5 heteroatoms. The van der Waals surface area contributed by atoms with Crippen LogP contribution in [0, 0.1) is 0 Å². The smallest absolute Gasteiger partial charge is 0.163 e. The van der Waals surface area contributed by atoms with Gasteiger partial charge >= 0.3 is 0 Å². The van der Waals surface area contributed by atoms with Crippen LogP contribution < -0.4 is 4.74 Å². The molecule has 2 aromatic rings. The van der Waals surface area contributed by atoms with Gasteiger partial charge in [-0.05, 0) is 47.5 Å². The zero-order valence-corrected chi connectivity index (χ0v) is 14.4. The molecule has 0 spiro atoms. The van der Waals surface area contributed by atoms with Crippen molar-refractivity contribution in [3.63, 3.8) is 0 Å². The van der Waals surface area contributed by atoms with Gasteiger partial charge in [-0.15, -0.1) is 0 Å². The van der Waals surface area contributed by atoms with Crippen LogP contribution in [0.2, 0.25) is 5.02 Å². The molecule has 0 saturated heterocycles. The van der Waals surface area contributed by atoms with E-state index < -0.39 is 0 Å². The quantitative estimate of drug-likeness (QED) is 0.593. The first-order valence-electron chi connectivity index (χ1n) is 7.52. The number of ketones is 2. The van der Waals surface area contributed by atoms with Crippen LogP contribution >= 0.6 is 11.6 Å². The number of ether oxygens (including phenoxy) is 1. The maximum absolute atomic E-state index is 11.9. The van der Waals surface area contributed by atoms with E-state index in [0.29, 0.717) is 16.3 Å². The minimum absolute atomic E-state index is 0.0218. The van der Waals surface area contributed by atoms with E-state index in [1.54, 1.807) is 48.6 Å². The Morgan fingerprint density at radius 2 is 1.56 bits per heavy atom. The van der Waals surface area contributed by atoms with E-state index in [2.05, 4.69) is 0 Å². The average Bonchev–Trinajstić information content (AvgIpc) is 2.60. The molecule has 0 aromatic heterocycles. The second kappa shape index (κ2) is 8.85. The van der Waals surface area contributed by atoms with Gasteiger partial charge in [0.2, 0.25) is 0 Å². The minimum atomic E-state index is -0.308. The fraction of sp³-hybridized carbons (Fsp3) is 0.100. The van der Waals surface area contributed by atoms with Gasteiger partial charge in [0, 0.05) is 5.02 Å². The number of phenols is 1. The molecule has 0 heterocycles. The second-order valence-electron chi connectivity index (χ2n) is 5.26. The molecule has 0 fully saturated rings. The molecule has 2 rings (SSSR count). The molecule has 0 unspecified atom stereocenters. The number of halogens is 1. The summed E-state index contributed by atoms with van der Waals surface area (Å²) in [4.78, 5) is 23.7. The Labute approximate surface area is 151 Å². The number of phenolic OH excluding ortho intramolecular Hbond substituents is 1. The van der Waals surface area contributed by atoms with Crippen LogP contribution in [0.4, 0.5) is 0 Å². The molecular formula is C20H17ClO4. The molecule has 1 N–H and O–H groups in total. The van der Waals surface area contributed by atoms with Gasteiger partial charge < -0.3 is 9.84 Å². The minimum Gasteiger partial charge on any atom is -0.504 e. The van der Waals surface area contributed by atoms with Crippen molar-refractivity contribution >= 4 is 35.3 Å². The SMILES string of the molecule is COc1cc(/C=C/C(=O)CC(=O)/C=C/c2ccc(Cl)cc2)ccc1O. The fourth-order valence-corrected chi connectivity index (χ4v) is 2.17. The number of hydrogen-bond acceptors (Lipinski definition) is 4. The molecule has 0 aliphatic rings. The summed E-state index contributed by atoms with van der Waals surface area (Å²) in [6.45, 7) is 0. The number of allylic oxidation sites excluding steroid dienone is 2. The Hall–Kier alpha value is -2.85. The molecular weight excluding hydrogens is 340 g/mol. The monoisotopic (exact) mass is 356 g/mol. The van der Waals surface area contributed by atoms with E-state index in [0.717, 1.165) is 5.56 Å². The lowest BCUT2D eigenvalue weighted by atomic mass is 10.1. The number of methoxy groups -OCH3 is 1. The van der Waals surface area contributed by atoms with Crippen molar-refractivity contribution < 1.29 is 19.4 Å². The summed E-state index contributed by atoms with van der Waals surface area (Å²) in [6, 6.07) is 11.7. The number of carbonyl (C=O) groups excluding carboxylic acids is 2. The topological polar surface area (TPSA) is 63.6 Å². The Kier molecular flexibility index (Phi) is 6.54. The van der Waals surface area contributed by atoms with E-state index in [4.69, 9.17) is 16.3 Å². The fourth-order valence-electron chi connectivity index (χ4n) is 2.04. The summed E-state index contributed by atoms with van der Waals surface area (Å²) < 4.78 is 5.00. The van der Waals surface area contributed by atoms with Crippen LogP contribution in [0.5, 0.6) is 11.5 Å². The van der Waals surface area contributed by atoms with Crippen LogP contribution in [0.3, 0.4) is 0 Å². The second-order valence-corrected chi connectivity index (χ2v) is 5.70. The Balaban J connectivity index is 1.92. The maximum Gasteiger partial charge on any atom is 0.163 e. The third-order valence-corrected chi connectivity index (χ3v) is 3.60. The van der Waals surface area contributed by atoms with Crippen molar-refractivity contribution in [1.29, 1.82) is 0 Å². The van der Waals surface area contributed by atoms with Crippen LogP contribution in [0.15, 0.2) is 54.6 Å². The summed E-state index contributed by atoms with van der Waals surface area (Å²) in [6.07, 6.45) is 5.70. The van der Waals surface area contributed by atoms with Crippen LogP contribution in [-0.4, -0.2) is 23.8 Å². The van der Waals surface area contributed by atoms with Crippen LogP contribution in [0.1, 0.15) is 17.5 Å². The molecule has 0 amide bonds. The maximum atomic E-state index is 11.9. The third-order valence-electron chi connectivity index (χ3n) is 3.35. The van der Waals surface area contributed by atoms with Gasteiger partial charge in [-0.2, -0.15) is 0 Å². The van der Waals surface area contributed by atoms with Crippen molar-refractivity contribution in [2.24, 2.45) is 0 Å². The Morgan fingerprint density at radius 1 is 1.00 bits per heavy atom. The van der Waals surface area contributed by atoms with E-state index in [9.17, 15) is 14.7 Å². The first kappa shape index (κ1) is 18.5. The van der Waals surface area contributed by atoms with Gasteiger partial charge in [0.15, 0.2) is 23.1 Å². The third kappa shape index (κ3) is 5.94. The largest absolute Gasteiger partial charge is 0.504 e. The molecule has 0 saturated carbocycles. The van der Waals surface area contributed by atoms with Crippen LogP contribution in [-0.2, 0) is 9.59 Å². The van der Waals surface area contributed by atoms with Crippen LogP contribution in [0.25, 0.3) is 12.2 Å². The van der Waals surface area contributed by atoms with Crippen molar-refractivity contribution in [1.82, 2.24) is 0 Å². The lowest BCUT2D eigenvalue weighted by Gasteiger charge is -2.03. The summed E-state index contributed by atoms with van der Waals surface area (Å²) in [7, 11) is 1.44. The predicted octanol–water partition coefficient (Wildman–Crippen LogP) is 4.31. The molecule has 0 aliphatic carbocycles. The first-order chi connectivity index (χ1) is 12.0. The Bertz CT molecular complexity index is 820. The van der Waals surface area contributed by atoms with Crippen molar-refractivity contribution in [3.05, 3.63) is 70.8 Å². The average molecular weight is 357 g/mol. The lowest BCUT2D eigenvalue weighted by molar-refractivity contribution is -0.121. The molecule has 0 atom stereocenters. The molecule has 0 radical (unpaired) electrons. The summed E-state index contributed by atoms with van der Waals surface area (Å²) in [5.41, 5.74) is 1.52. The predicted molar refractivity (Wildman–Crippen MR) is 98.8 cm³/mol. The summed E-state index contributed by atoms with van der Waals surface area (Å²) in [5, 5.41) is 10.1. The standard InChI is InChI=1S/C20H17ClO4/c1-25-20-12-15(6-11-19(20)24)5-10-18(23)13-17(22)9-4-14-2-7-16(21)8-3-14/h2-12,24H,13H2,1H3/b9-4+,10-5+. The van der Waals surface area contributed by atoms with Gasteiger partial charge in [0.1, 0.15) is 0 Å². The molecule has 25 heavy (non-hydrogen) atoms. The molecule has 4 nitrogen and oxygen atoms in total. The lowest BCUT2D eigenvalue weighted by Crippen LogP contribution is -2.01. The van der Waals surface area contributed by atoms with Gasteiger partial charge in [-0.1, -0.05) is 42.0 Å². The van der Waals surface area contributed by atoms with Gasteiger partial charge in [-0.3, -0.25) is 9.59 Å². The van der Waals surface area contributed by atoms with Crippen molar-refractivity contribution in [3.8, 4) is 11.5 Å². The highest BCUT2D eigenvalue weighted by Gasteiger charge is 2.05. The molecule has 128 valence electrons. The summed E-state index contributed by atoms with van der Waals surface area (Å²) in [5.74, 6) is -0.254. The Morgan fingerprint density at radius 3 is 2.16 bits per heavy atom. The van der Waals surface area contributed by atoms with Crippen molar-refractivity contribution in [2.75, 3.05) is 7.11 Å². The zero-order valence-electron chi connectivity index (χ0n) is 13.6. The van der Waals surface area contributed by atoms with Crippen molar-refractivity contribution in [2.45, 2.75) is 6.42 Å².